The largest absolute Gasteiger partial charge is 0.462 e. The summed E-state index contributed by atoms with van der Waals surface area (Å²) < 4.78 is 32.9. The summed E-state index contributed by atoms with van der Waals surface area (Å²) in [5, 5.41) is 0. The van der Waals surface area contributed by atoms with Crippen molar-refractivity contribution in [2.75, 3.05) is 0 Å². The molecule has 0 heterocycles. The van der Waals surface area contributed by atoms with Crippen LogP contribution < -0.4 is 4.72 Å². The van der Waals surface area contributed by atoms with Crippen LogP contribution >= 0.6 is 0 Å². The molecule has 1 N–H and O–H groups in total. The summed E-state index contributed by atoms with van der Waals surface area (Å²) >= 11 is 0. The number of unbranched alkanes of at least 4 members (excludes halogenated alkanes) is 22. The number of allylic oxidation sites excluding steroid dienone is 4. The van der Waals surface area contributed by atoms with E-state index in [1.165, 1.54) is 153 Å². The van der Waals surface area contributed by atoms with Crippen molar-refractivity contribution in [3.05, 3.63) is 54.6 Å². The summed E-state index contributed by atoms with van der Waals surface area (Å²) in [6, 6.07) is 7.83. The van der Waals surface area contributed by atoms with E-state index < -0.39 is 15.9 Å². The minimum absolute atomic E-state index is 0.0434. The molecule has 0 aliphatic carbocycles. The molecule has 1 aromatic rings. The first kappa shape index (κ1) is 48.6. The van der Waals surface area contributed by atoms with Crippen molar-refractivity contribution >= 4 is 21.9 Å². The molecule has 304 valence electrons. The van der Waals surface area contributed by atoms with Crippen molar-refractivity contribution < 1.29 is 22.7 Å². The molecule has 0 atom stereocenters. The van der Waals surface area contributed by atoms with Crippen LogP contribution in [0.15, 0.2) is 59.5 Å². The van der Waals surface area contributed by atoms with E-state index in [0.717, 1.165) is 38.5 Å². The monoisotopic (exact) mass is 758 g/mol. The summed E-state index contributed by atoms with van der Waals surface area (Å²) in [7, 11) is -3.91. The summed E-state index contributed by atoms with van der Waals surface area (Å²) in [6.07, 6.45) is 44.2. The number of esters is 1. The molecule has 7 heteroatoms. The number of nitrogens with one attached hydrogen (secondary N) is 1. The highest BCUT2D eigenvalue weighted by molar-refractivity contribution is 7.90. The second-order valence-corrected chi connectivity index (χ2v) is 16.7. The van der Waals surface area contributed by atoms with Crippen LogP contribution in [0.1, 0.15) is 213 Å². The predicted octanol–water partition coefficient (Wildman–Crippen LogP) is 13.6. The number of hydrogen-bond donors (Lipinski definition) is 1. The molecule has 0 radical (unpaired) electrons. The van der Waals surface area contributed by atoms with E-state index in [1.54, 1.807) is 18.2 Å². The lowest BCUT2D eigenvalue weighted by atomic mass is 10.0. The van der Waals surface area contributed by atoms with Gasteiger partial charge in [-0.1, -0.05) is 159 Å². The van der Waals surface area contributed by atoms with Gasteiger partial charge in [0.1, 0.15) is 6.10 Å². The number of amides is 1. The summed E-state index contributed by atoms with van der Waals surface area (Å²) in [6.45, 7) is 4.53. The smallest absolute Gasteiger partial charge is 0.306 e. The van der Waals surface area contributed by atoms with Crippen molar-refractivity contribution in [1.29, 1.82) is 0 Å². The third-order valence-corrected chi connectivity index (χ3v) is 11.3. The van der Waals surface area contributed by atoms with Gasteiger partial charge in [0.2, 0.25) is 5.91 Å². The van der Waals surface area contributed by atoms with E-state index in [2.05, 4.69) is 42.9 Å². The van der Waals surface area contributed by atoms with Crippen molar-refractivity contribution in [2.45, 2.75) is 224 Å². The van der Waals surface area contributed by atoms with Crippen LogP contribution in [0, 0.1) is 0 Å². The number of carbonyl (C=O) groups excluding carboxylic acids is 2. The van der Waals surface area contributed by atoms with Gasteiger partial charge in [0.25, 0.3) is 10.0 Å². The second-order valence-electron chi connectivity index (χ2n) is 15.1. The predicted molar refractivity (Wildman–Crippen MR) is 224 cm³/mol. The average molecular weight is 758 g/mol. The Bertz CT molecular complexity index is 1120. The molecular formula is C46H79NO5S. The van der Waals surface area contributed by atoms with Gasteiger partial charge in [0.05, 0.1) is 4.90 Å². The Morgan fingerprint density at radius 1 is 0.547 bits per heavy atom. The van der Waals surface area contributed by atoms with Gasteiger partial charge in [-0.2, -0.15) is 0 Å². The Labute approximate surface area is 326 Å². The number of sulfonamides is 1. The lowest BCUT2D eigenvalue weighted by molar-refractivity contribution is -0.150. The van der Waals surface area contributed by atoms with Gasteiger partial charge in [0.15, 0.2) is 0 Å². The molecule has 0 saturated carbocycles. The third-order valence-electron chi connectivity index (χ3n) is 9.96. The van der Waals surface area contributed by atoms with Gasteiger partial charge in [-0.15, -0.1) is 0 Å². The molecule has 0 saturated heterocycles. The van der Waals surface area contributed by atoms with Gasteiger partial charge >= 0.3 is 5.97 Å². The first-order chi connectivity index (χ1) is 25.9. The second kappa shape index (κ2) is 35.3. The van der Waals surface area contributed by atoms with Gasteiger partial charge in [0, 0.05) is 12.8 Å². The fraction of sp³-hybridized carbons (Fsp3) is 0.739. The highest BCUT2D eigenvalue weighted by atomic mass is 32.2. The Balaban J connectivity index is 2.33. The molecule has 1 aromatic carbocycles. The molecule has 53 heavy (non-hydrogen) atoms. The number of ether oxygens (including phenoxy) is 1. The maximum Gasteiger partial charge on any atom is 0.306 e. The first-order valence-electron chi connectivity index (χ1n) is 22.0. The van der Waals surface area contributed by atoms with Crippen LogP contribution in [0.2, 0.25) is 0 Å². The van der Waals surface area contributed by atoms with E-state index in [0.29, 0.717) is 0 Å². The molecule has 0 aliphatic rings. The van der Waals surface area contributed by atoms with E-state index in [1.807, 2.05) is 0 Å². The van der Waals surface area contributed by atoms with E-state index in [-0.39, 0.29) is 36.2 Å². The zero-order valence-electron chi connectivity index (χ0n) is 34.1. The molecule has 1 rings (SSSR count). The Morgan fingerprint density at radius 2 is 0.943 bits per heavy atom. The van der Waals surface area contributed by atoms with Crippen molar-refractivity contribution in [3.63, 3.8) is 0 Å². The fourth-order valence-corrected chi connectivity index (χ4v) is 7.68. The SMILES string of the molecule is CCCCCCCC/C=C\CCCCCCCC(CCCCCCC/C=C\CCCCCCCC)OC(=O)CCCC(=O)NS(=O)(=O)c1ccccc1. The topological polar surface area (TPSA) is 89.5 Å². The highest BCUT2D eigenvalue weighted by Crippen LogP contribution is 2.19. The van der Waals surface area contributed by atoms with Crippen LogP contribution in [-0.2, 0) is 24.3 Å². The van der Waals surface area contributed by atoms with Crippen LogP contribution in [0.3, 0.4) is 0 Å². The summed E-state index contributed by atoms with van der Waals surface area (Å²) in [4.78, 5) is 25.1. The van der Waals surface area contributed by atoms with Crippen LogP contribution in [0.4, 0.5) is 0 Å². The molecule has 0 spiro atoms. The van der Waals surface area contributed by atoms with Crippen LogP contribution in [0.5, 0.6) is 0 Å². The maximum absolute atomic E-state index is 12.8. The van der Waals surface area contributed by atoms with Gasteiger partial charge in [-0.3, -0.25) is 9.59 Å². The molecule has 0 aromatic heterocycles. The number of benzene rings is 1. The molecular weight excluding hydrogens is 679 g/mol. The maximum atomic E-state index is 12.8. The Kier molecular flexibility index (Phi) is 32.4. The quantitative estimate of drug-likeness (QED) is 0.0415. The van der Waals surface area contributed by atoms with E-state index in [4.69, 9.17) is 4.74 Å². The third kappa shape index (κ3) is 30.6. The molecule has 6 nitrogen and oxygen atoms in total. The lowest BCUT2D eigenvalue weighted by Crippen LogP contribution is -2.30. The standard InChI is InChI=1S/C46H79NO5S/c1-3-5-7-9-11-13-15-17-19-21-23-25-27-29-32-37-43(38-33-30-28-26-24-22-20-18-16-14-12-10-8-6-4-2)52-46(49)42-36-41-45(48)47-53(50,51)44-39-34-31-35-40-44/h17-20,31,34-35,39-40,43H,3-16,21-30,32-33,36-38,41-42H2,1-2H3,(H,47,48)/b19-17-,20-18-. The van der Waals surface area contributed by atoms with Gasteiger partial charge < -0.3 is 4.74 Å². The van der Waals surface area contributed by atoms with Gasteiger partial charge in [-0.05, 0) is 95.6 Å². The molecule has 0 aliphatic heterocycles. The normalized spacial score (nSPS) is 12.0. The number of rotatable bonds is 37. The molecule has 0 unspecified atom stereocenters. The minimum atomic E-state index is -3.91. The molecule has 0 fully saturated rings. The molecule has 1 amide bonds. The van der Waals surface area contributed by atoms with Crippen molar-refractivity contribution in [3.8, 4) is 0 Å². The highest BCUT2D eigenvalue weighted by Gasteiger charge is 2.18. The zero-order valence-corrected chi connectivity index (χ0v) is 35.0. The summed E-state index contributed by atoms with van der Waals surface area (Å²) in [5.74, 6) is -0.908. The van der Waals surface area contributed by atoms with E-state index in [9.17, 15) is 18.0 Å². The zero-order chi connectivity index (χ0) is 38.5. The fourth-order valence-electron chi connectivity index (χ4n) is 6.65. The number of hydrogen-bond acceptors (Lipinski definition) is 5. The van der Waals surface area contributed by atoms with Crippen LogP contribution in [0.25, 0.3) is 0 Å². The minimum Gasteiger partial charge on any atom is -0.462 e. The van der Waals surface area contributed by atoms with E-state index >= 15 is 0 Å². The van der Waals surface area contributed by atoms with Crippen molar-refractivity contribution in [2.24, 2.45) is 0 Å². The average Bonchev–Trinajstić information content (AvgIpc) is 3.14. The Morgan fingerprint density at radius 3 is 1.38 bits per heavy atom. The summed E-state index contributed by atoms with van der Waals surface area (Å²) in [5.41, 5.74) is 0. The number of carbonyl (C=O) groups is 2. The van der Waals surface area contributed by atoms with Crippen LogP contribution in [-0.4, -0.2) is 26.4 Å². The first-order valence-corrected chi connectivity index (χ1v) is 23.5. The molecule has 0 bridgehead atoms. The lowest BCUT2D eigenvalue weighted by Gasteiger charge is -2.18. The Hall–Kier alpha value is -2.41. The van der Waals surface area contributed by atoms with Gasteiger partial charge in [-0.25, -0.2) is 13.1 Å². The van der Waals surface area contributed by atoms with Crippen molar-refractivity contribution in [1.82, 2.24) is 4.72 Å².